The van der Waals surface area contributed by atoms with Crippen LogP contribution >= 0.6 is 0 Å². The van der Waals surface area contributed by atoms with Gasteiger partial charge in [-0.3, -0.25) is 14.1 Å². The molecule has 0 atom stereocenters. The van der Waals surface area contributed by atoms with Crippen molar-refractivity contribution in [1.82, 2.24) is 4.72 Å². The molecule has 0 saturated carbocycles. The van der Waals surface area contributed by atoms with Gasteiger partial charge in [-0.15, -0.1) is 0 Å². The quantitative estimate of drug-likeness (QED) is 0.495. The van der Waals surface area contributed by atoms with E-state index in [0.29, 0.717) is 6.08 Å². The van der Waals surface area contributed by atoms with Crippen LogP contribution in [0.1, 0.15) is 6.92 Å². The van der Waals surface area contributed by atoms with E-state index in [2.05, 4.69) is 6.58 Å². The van der Waals surface area contributed by atoms with Gasteiger partial charge in [-0.2, -0.15) is 8.42 Å². The average Bonchev–Trinajstić information content (AvgIpc) is 1.96. The van der Waals surface area contributed by atoms with Crippen molar-refractivity contribution in [1.29, 1.82) is 0 Å². The number of ketones is 1. The van der Waals surface area contributed by atoms with Crippen molar-refractivity contribution in [3.8, 4) is 0 Å². The lowest BCUT2D eigenvalue weighted by molar-refractivity contribution is -0.115. The lowest BCUT2D eigenvalue weighted by Gasteiger charge is -1.94. The first-order valence-electron chi connectivity index (χ1n) is 3.39. The third-order valence-corrected chi connectivity index (χ3v) is 1.50. The van der Waals surface area contributed by atoms with Crippen molar-refractivity contribution in [2.45, 2.75) is 6.92 Å². The molecule has 7 heteroatoms. The Morgan fingerprint density at radius 3 is 2.21 bits per heavy atom. The summed E-state index contributed by atoms with van der Waals surface area (Å²) in [4.78, 5) is 21.5. The number of amides is 1. The van der Waals surface area contributed by atoms with Gasteiger partial charge in [0.2, 0.25) is 0 Å². The van der Waals surface area contributed by atoms with Gasteiger partial charge in [-0.25, -0.2) is 4.72 Å². The zero-order chi connectivity index (χ0) is 11.4. The molecule has 0 unspecified atom stereocenters. The van der Waals surface area contributed by atoms with Crippen LogP contribution in [0.4, 0.5) is 0 Å². The Balaban J connectivity index is 4.35. The maximum Gasteiger partial charge on any atom is 0.359 e. The summed E-state index contributed by atoms with van der Waals surface area (Å²) >= 11 is 0. The number of nitrogens with one attached hydrogen (secondary N) is 1. The highest BCUT2D eigenvalue weighted by Gasteiger charge is 2.07. The van der Waals surface area contributed by atoms with Gasteiger partial charge in [0, 0.05) is 6.08 Å². The predicted molar refractivity (Wildman–Crippen MR) is 48.7 cm³/mol. The molecule has 0 rings (SSSR count). The van der Waals surface area contributed by atoms with Crippen molar-refractivity contribution in [3.63, 3.8) is 0 Å². The third kappa shape index (κ3) is 6.09. The molecule has 0 fully saturated rings. The Morgan fingerprint density at radius 1 is 1.36 bits per heavy atom. The molecule has 0 aromatic carbocycles. The van der Waals surface area contributed by atoms with E-state index in [9.17, 15) is 18.0 Å². The highest BCUT2D eigenvalue weighted by atomic mass is 32.2. The van der Waals surface area contributed by atoms with E-state index in [1.54, 1.807) is 0 Å². The molecular weight excluding hydrogens is 210 g/mol. The molecule has 0 aromatic heterocycles. The van der Waals surface area contributed by atoms with Crippen LogP contribution in [0.15, 0.2) is 24.3 Å². The van der Waals surface area contributed by atoms with Crippen molar-refractivity contribution in [3.05, 3.63) is 24.3 Å². The van der Waals surface area contributed by atoms with Gasteiger partial charge in [0.25, 0.3) is 5.91 Å². The van der Waals surface area contributed by atoms with Gasteiger partial charge in [-0.1, -0.05) is 6.58 Å². The van der Waals surface area contributed by atoms with E-state index in [-0.39, 0.29) is 5.57 Å². The van der Waals surface area contributed by atoms with E-state index < -0.39 is 22.0 Å². The second-order valence-electron chi connectivity index (χ2n) is 2.42. The lowest BCUT2D eigenvalue weighted by atomic mass is 10.2. The fraction of sp³-hybridized carbons (Fsp3) is 0.143. The van der Waals surface area contributed by atoms with Gasteiger partial charge in [0.1, 0.15) is 0 Å². The number of hydrogen-bond donors (Lipinski definition) is 2. The second-order valence-corrected chi connectivity index (χ2v) is 3.57. The summed E-state index contributed by atoms with van der Waals surface area (Å²) in [6, 6.07) is 0. The van der Waals surface area contributed by atoms with Crippen molar-refractivity contribution < 1.29 is 22.6 Å². The molecule has 0 aliphatic rings. The van der Waals surface area contributed by atoms with E-state index >= 15 is 0 Å². The highest BCUT2D eigenvalue weighted by molar-refractivity contribution is 7.84. The van der Waals surface area contributed by atoms with E-state index in [1.807, 2.05) is 0 Å². The summed E-state index contributed by atoms with van der Waals surface area (Å²) in [7, 11) is -4.58. The van der Waals surface area contributed by atoms with Crippen LogP contribution in [0.25, 0.3) is 0 Å². The van der Waals surface area contributed by atoms with Crippen molar-refractivity contribution in [2.75, 3.05) is 0 Å². The smallest absolute Gasteiger partial charge is 0.290 e. The Labute approximate surface area is 81.2 Å². The summed E-state index contributed by atoms with van der Waals surface area (Å²) in [5.41, 5.74) is 0.209. The van der Waals surface area contributed by atoms with Crippen LogP contribution in [0, 0.1) is 0 Å². The zero-order valence-electron chi connectivity index (χ0n) is 7.35. The molecule has 6 nitrogen and oxygen atoms in total. The molecule has 0 aliphatic heterocycles. The molecule has 0 aromatic rings. The largest absolute Gasteiger partial charge is 0.359 e. The summed E-state index contributed by atoms with van der Waals surface area (Å²) in [6.07, 6.45) is 1.54. The van der Waals surface area contributed by atoms with Crippen molar-refractivity contribution >= 4 is 22.0 Å². The van der Waals surface area contributed by atoms with Gasteiger partial charge < -0.3 is 0 Å². The topological polar surface area (TPSA) is 101 Å². The minimum atomic E-state index is -4.58. The molecule has 0 aliphatic carbocycles. The van der Waals surface area contributed by atoms with E-state index in [4.69, 9.17) is 4.55 Å². The Kier molecular flexibility index (Phi) is 4.19. The Bertz CT molecular complexity index is 392. The normalized spacial score (nSPS) is 11.3. The summed E-state index contributed by atoms with van der Waals surface area (Å²) in [5, 5.41) is 0. The lowest BCUT2D eigenvalue weighted by Crippen LogP contribution is -2.28. The number of carbonyl (C=O) groups excluding carboxylic acids is 2. The Hall–Kier alpha value is -1.47. The van der Waals surface area contributed by atoms with E-state index in [1.165, 1.54) is 11.6 Å². The first kappa shape index (κ1) is 12.5. The maximum absolute atomic E-state index is 10.8. The first-order valence-corrected chi connectivity index (χ1v) is 4.83. The highest BCUT2D eigenvalue weighted by Crippen LogP contribution is 1.91. The molecule has 0 saturated heterocycles. The maximum atomic E-state index is 10.8. The van der Waals surface area contributed by atoms with Crippen LogP contribution in [0.5, 0.6) is 0 Å². The Morgan fingerprint density at radius 2 is 1.86 bits per heavy atom. The molecular formula is C7H9NO5S. The standard InChI is InChI=1S/C7H9NO5S/c1-5(2)6(9)3-4-7(10)8-14(11,12)13/h3-4H,1H2,2H3,(H,8,10)(H,11,12,13). The molecule has 0 spiro atoms. The molecule has 0 radical (unpaired) electrons. The number of allylic oxidation sites excluding steroid dienone is 2. The van der Waals surface area contributed by atoms with Gasteiger partial charge in [-0.05, 0) is 18.6 Å². The van der Waals surface area contributed by atoms with E-state index in [0.717, 1.165) is 6.08 Å². The zero-order valence-corrected chi connectivity index (χ0v) is 8.17. The van der Waals surface area contributed by atoms with Crippen LogP contribution in [-0.4, -0.2) is 24.7 Å². The summed E-state index contributed by atoms with van der Waals surface area (Å²) in [6.45, 7) is 4.75. The van der Waals surface area contributed by atoms with Crippen LogP contribution in [0.3, 0.4) is 0 Å². The number of rotatable bonds is 4. The van der Waals surface area contributed by atoms with Crippen molar-refractivity contribution in [2.24, 2.45) is 0 Å². The second kappa shape index (κ2) is 4.68. The molecule has 78 valence electrons. The molecule has 14 heavy (non-hydrogen) atoms. The minimum absolute atomic E-state index is 0.209. The molecule has 2 N–H and O–H groups in total. The minimum Gasteiger partial charge on any atom is -0.290 e. The predicted octanol–water partition coefficient (Wildman–Crippen LogP) is -0.393. The fourth-order valence-electron chi connectivity index (χ4n) is 0.455. The van der Waals surface area contributed by atoms with Crippen LogP contribution < -0.4 is 4.72 Å². The molecule has 0 heterocycles. The fourth-order valence-corrected chi connectivity index (χ4v) is 0.777. The molecule has 1 amide bonds. The third-order valence-electron chi connectivity index (χ3n) is 1.04. The van der Waals surface area contributed by atoms with Gasteiger partial charge in [0.05, 0.1) is 0 Å². The number of carbonyl (C=O) groups is 2. The summed E-state index contributed by atoms with van der Waals surface area (Å²) in [5.74, 6) is -1.61. The van der Waals surface area contributed by atoms with Crippen LogP contribution in [-0.2, 0) is 19.9 Å². The SMILES string of the molecule is C=C(C)C(=O)C=CC(=O)NS(=O)(=O)O. The van der Waals surface area contributed by atoms with Gasteiger partial charge in [0.15, 0.2) is 5.78 Å². The summed E-state index contributed by atoms with van der Waals surface area (Å²) < 4.78 is 29.6. The average molecular weight is 219 g/mol. The van der Waals surface area contributed by atoms with Gasteiger partial charge >= 0.3 is 10.3 Å². The first-order chi connectivity index (χ1) is 6.22. The monoisotopic (exact) mass is 219 g/mol. The molecule has 0 bridgehead atoms. The number of hydrogen-bond acceptors (Lipinski definition) is 4. The van der Waals surface area contributed by atoms with Crippen LogP contribution in [0.2, 0.25) is 0 Å².